The lowest BCUT2D eigenvalue weighted by Gasteiger charge is -2.24. The molecule has 0 saturated heterocycles. The number of rotatable bonds is 12. The van der Waals surface area contributed by atoms with Crippen LogP contribution in [-0.2, 0) is 35.9 Å². The summed E-state index contributed by atoms with van der Waals surface area (Å²) in [6.07, 6.45) is 15.6. The van der Waals surface area contributed by atoms with Gasteiger partial charge in [0.15, 0.2) is 5.71 Å². The molecule has 2 heterocycles. The minimum atomic E-state index is -5.11. The summed E-state index contributed by atoms with van der Waals surface area (Å²) in [4.78, 5) is 11.9. The summed E-state index contributed by atoms with van der Waals surface area (Å²) in [5, 5.41) is 9.36. The number of fused-ring (bicyclic) bond motifs is 4. The number of allylic oxidation sites excluding steroid dienone is 8. The maximum Gasteiger partial charge on any atom is 0.303 e. The third-order valence-corrected chi connectivity index (χ3v) is 12.9. The number of nitrogens with zero attached hydrogens (tertiary/aromatic N) is 2. The van der Waals surface area contributed by atoms with Gasteiger partial charge in [-0.3, -0.25) is 9.35 Å². The summed E-state index contributed by atoms with van der Waals surface area (Å²) in [5.74, 6) is -0.862. The zero-order valence-corrected chi connectivity index (χ0v) is 35.3. The molecule has 3 aromatic carbocycles. The Labute approximate surface area is 332 Å². The summed E-state index contributed by atoms with van der Waals surface area (Å²) >= 11 is 4.76. The topological polar surface area (TPSA) is 155 Å². The van der Waals surface area contributed by atoms with E-state index < -0.39 is 41.4 Å². The van der Waals surface area contributed by atoms with Gasteiger partial charge in [0.05, 0.1) is 15.2 Å². The number of anilines is 1. The predicted molar refractivity (Wildman–Crippen MR) is 219 cm³/mol. The van der Waals surface area contributed by atoms with Crippen molar-refractivity contribution in [2.24, 2.45) is 0 Å². The number of aliphatic carboxylic acids is 1. The zero-order chi connectivity index (χ0) is 38.4. The van der Waals surface area contributed by atoms with E-state index in [4.69, 9.17) is 5.11 Å². The van der Waals surface area contributed by atoms with Gasteiger partial charge in [-0.25, -0.2) is 8.42 Å². The van der Waals surface area contributed by atoms with Crippen molar-refractivity contribution in [2.75, 3.05) is 18.5 Å². The van der Waals surface area contributed by atoms with Crippen LogP contribution in [0.25, 0.3) is 10.8 Å². The average Bonchev–Trinajstić information content (AvgIpc) is 3.36. The van der Waals surface area contributed by atoms with Crippen LogP contribution >= 0.6 is 45.2 Å². The van der Waals surface area contributed by atoms with Crippen LogP contribution in [0.5, 0.6) is 0 Å². The van der Waals surface area contributed by atoms with E-state index in [0.29, 0.717) is 43.1 Å². The summed E-state index contributed by atoms with van der Waals surface area (Å²) in [5.41, 5.74) is 4.87. The van der Waals surface area contributed by atoms with Crippen LogP contribution < -0.4 is 4.90 Å². The first-order valence-corrected chi connectivity index (χ1v) is 21.5. The number of carbonyl (C=O) groups is 1. The first kappa shape index (κ1) is 40.3. The van der Waals surface area contributed by atoms with E-state index in [2.05, 4.69) is 93.8 Å². The number of halogens is 2. The lowest BCUT2D eigenvalue weighted by molar-refractivity contribution is -0.438. The van der Waals surface area contributed by atoms with Gasteiger partial charge in [-0.1, -0.05) is 44.2 Å². The van der Waals surface area contributed by atoms with Gasteiger partial charge in [-0.15, -0.1) is 0 Å². The molecule has 10 nitrogen and oxygen atoms in total. The van der Waals surface area contributed by atoms with Crippen molar-refractivity contribution >= 4 is 99.2 Å². The second kappa shape index (κ2) is 15.1. The second-order valence-corrected chi connectivity index (χ2v) is 19.1. The van der Waals surface area contributed by atoms with Crippen LogP contribution in [0.15, 0.2) is 94.4 Å². The molecule has 0 spiro atoms. The molecular weight excluding hydrogens is 930 g/mol. The van der Waals surface area contributed by atoms with Gasteiger partial charge in [0.1, 0.15) is 16.7 Å². The van der Waals surface area contributed by atoms with E-state index in [1.54, 1.807) is 6.07 Å². The number of carboxylic acid groups (broad SMARTS) is 1. The largest absolute Gasteiger partial charge is 0.744 e. The van der Waals surface area contributed by atoms with Gasteiger partial charge in [-0.05, 0) is 114 Å². The van der Waals surface area contributed by atoms with Gasteiger partial charge >= 0.3 is 5.97 Å². The van der Waals surface area contributed by atoms with Gasteiger partial charge in [0.2, 0.25) is 5.69 Å². The molecule has 0 atom stereocenters. The number of hydrogen-bond donors (Lipinski definition) is 2. The smallest absolute Gasteiger partial charge is 0.303 e. The highest BCUT2D eigenvalue weighted by Crippen LogP contribution is 2.50. The fraction of sp³-hybridized carbons (Fsp3) is 0.316. The fourth-order valence-electron chi connectivity index (χ4n) is 7.38. The number of likely N-dealkylation sites (N-methyl/N-ethyl adjacent to an activating group) is 1. The molecule has 0 radical (unpaired) electrons. The number of benzene rings is 3. The van der Waals surface area contributed by atoms with Crippen molar-refractivity contribution in [2.45, 2.75) is 74.0 Å². The van der Waals surface area contributed by atoms with Gasteiger partial charge in [0, 0.05) is 72.5 Å². The zero-order valence-electron chi connectivity index (χ0n) is 29.4. The van der Waals surface area contributed by atoms with Gasteiger partial charge in [0.25, 0.3) is 10.1 Å². The van der Waals surface area contributed by atoms with Gasteiger partial charge in [-0.2, -0.15) is 13.0 Å². The lowest BCUT2D eigenvalue weighted by atomic mass is 9.79. The molecule has 0 amide bonds. The number of unbranched alkanes of at least 4 members (excludes halogenated alkanes) is 2. The van der Waals surface area contributed by atoms with Crippen molar-refractivity contribution in [3.05, 3.63) is 103 Å². The first-order chi connectivity index (χ1) is 24.2. The second-order valence-electron chi connectivity index (χ2n) is 13.9. The molecule has 0 aliphatic carbocycles. The predicted octanol–water partition coefficient (Wildman–Crippen LogP) is 8.20. The van der Waals surface area contributed by atoms with Crippen molar-refractivity contribution in [3.8, 4) is 0 Å². The molecule has 52 heavy (non-hydrogen) atoms. The van der Waals surface area contributed by atoms with E-state index in [9.17, 15) is 30.7 Å². The Hall–Kier alpha value is -2.90. The fourth-order valence-corrected chi connectivity index (χ4v) is 11.2. The Morgan fingerprint density at radius 1 is 0.885 bits per heavy atom. The lowest BCUT2D eigenvalue weighted by Crippen LogP contribution is -2.28. The van der Waals surface area contributed by atoms with Gasteiger partial charge < -0.3 is 14.6 Å². The molecule has 2 aliphatic heterocycles. The van der Waals surface area contributed by atoms with E-state index in [0.717, 1.165) is 5.71 Å². The van der Waals surface area contributed by atoms with E-state index in [1.807, 2.05) is 50.3 Å². The molecule has 14 heteroatoms. The molecule has 5 rings (SSSR count). The molecule has 0 bridgehead atoms. The van der Waals surface area contributed by atoms with Crippen LogP contribution in [0.1, 0.15) is 64.5 Å². The minimum Gasteiger partial charge on any atom is -0.744 e. The standard InChI is InChI=1S/C38H40I2N2O8S2/c1-37(2)32(41(5)30-21-24(39)20-28(40)36(30)37)14-10-7-6-8-11-15-33-38(3,4)35-27-22-25(51(45,46)47)23-31(52(48,49)50)26(27)17-18-29(35)42(33)19-13-9-12-16-34(43)44/h6-8,10-11,14-15,17-18,20-23H,9,12-13,16,19H2,1-5H3,(H2-,43,44,45,46,47,48,49,50). The third kappa shape index (κ3) is 7.97. The Kier molecular flexibility index (Phi) is 11.7. The Bertz CT molecular complexity index is 2360. The van der Waals surface area contributed by atoms with Crippen LogP contribution in [0.4, 0.5) is 11.4 Å². The van der Waals surface area contributed by atoms with Crippen LogP contribution in [0.2, 0.25) is 0 Å². The molecule has 2 N–H and O–H groups in total. The SMILES string of the molecule is CN1\C(=C/C=C/C=C/C=C/C2=[N+](CCCCCC(=O)O)c3ccc4c(S(=O)(=O)[O-])cc(S(=O)(=O)O)cc4c3C2(C)C)C(C)(C)c2c(I)cc(I)cc21. The Morgan fingerprint density at radius 2 is 1.56 bits per heavy atom. The van der Waals surface area contributed by atoms with Crippen LogP contribution in [-0.4, -0.2) is 60.9 Å². The molecule has 276 valence electrons. The molecule has 2 aliphatic rings. The molecule has 0 aromatic heterocycles. The number of hydrogen-bond acceptors (Lipinski definition) is 7. The van der Waals surface area contributed by atoms with Crippen molar-refractivity contribution < 1.29 is 40.4 Å². The normalized spacial score (nSPS) is 17.8. The van der Waals surface area contributed by atoms with Crippen LogP contribution in [0.3, 0.4) is 0 Å². The Balaban J connectivity index is 1.50. The summed E-state index contributed by atoms with van der Waals surface area (Å²) < 4.78 is 75.7. The highest BCUT2D eigenvalue weighted by atomic mass is 127. The third-order valence-electron chi connectivity index (χ3n) is 9.71. The average molecular weight is 971 g/mol. The minimum absolute atomic E-state index is 0.0580. The first-order valence-electron chi connectivity index (χ1n) is 16.5. The summed E-state index contributed by atoms with van der Waals surface area (Å²) in [7, 11) is -7.88. The van der Waals surface area contributed by atoms with Crippen molar-refractivity contribution in [1.29, 1.82) is 0 Å². The maximum absolute atomic E-state index is 12.3. The summed E-state index contributed by atoms with van der Waals surface area (Å²) in [6, 6.07) is 9.50. The van der Waals surface area contributed by atoms with E-state index >= 15 is 0 Å². The molecule has 0 saturated carbocycles. The van der Waals surface area contributed by atoms with Crippen molar-refractivity contribution in [3.63, 3.8) is 0 Å². The quantitative estimate of drug-likeness (QED) is 0.0601. The number of carboxylic acids is 1. The molecule has 0 unspecified atom stereocenters. The maximum atomic E-state index is 12.3. The van der Waals surface area contributed by atoms with E-state index in [-0.39, 0.29) is 22.6 Å². The Morgan fingerprint density at radius 3 is 2.21 bits per heavy atom. The molecule has 3 aromatic rings. The van der Waals surface area contributed by atoms with Crippen molar-refractivity contribution in [1.82, 2.24) is 0 Å². The molecular formula is C38H40I2N2O8S2. The molecule has 0 fully saturated rings. The van der Waals surface area contributed by atoms with E-state index in [1.165, 1.54) is 36.2 Å². The monoisotopic (exact) mass is 970 g/mol. The summed E-state index contributed by atoms with van der Waals surface area (Å²) in [6.45, 7) is 8.82. The van der Waals surface area contributed by atoms with Crippen LogP contribution in [0, 0.1) is 7.14 Å². The highest BCUT2D eigenvalue weighted by molar-refractivity contribution is 14.1. The highest BCUT2D eigenvalue weighted by Gasteiger charge is 2.46.